The SMILES string of the molecule is Fc1cccc(Nc2nc(Nc3ccccc3)nc(Nc3ccc(-c4cc(-c5ccccc5)nc(S)n4)cc3)n2)c1. The lowest BCUT2D eigenvalue weighted by Crippen LogP contribution is -2.07. The summed E-state index contributed by atoms with van der Waals surface area (Å²) in [5.74, 6) is 0.504. The molecule has 8 nitrogen and oxygen atoms in total. The van der Waals surface area contributed by atoms with Gasteiger partial charge in [-0.3, -0.25) is 0 Å². The predicted octanol–water partition coefficient (Wildman–Crippen LogP) is 7.65. The van der Waals surface area contributed by atoms with Gasteiger partial charge in [0.1, 0.15) is 5.82 Å². The van der Waals surface area contributed by atoms with E-state index in [4.69, 9.17) is 0 Å². The van der Waals surface area contributed by atoms with Gasteiger partial charge in [0.25, 0.3) is 0 Å². The van der Waals surface area contributed by atoms with Gasteiger partial charge in [-0.15, -0.1) is 12.6 Å². The largest absolute Gasteiger partial charge is 0.324 e. The first-order valence-corrected chi connectivity index (χ1v) is 13.1. The molecule has 2 heterocycles. The van der Waals surface area contributed by atoms with Gasteiger partial charge in [-0.05, 0) is 48.5 Å². The quantitative estimate of drug-likeness (QED) is 0.112. The van der Waals surface area contributed by atoms with Crippen LogP contribution in [0.25, 0.3) is 22.5 Å². The highest BCUT2D eigenvalue weighted by Gasteiger charge is 2.11. The molecule has 0 amide bonds. The van der Waals surface area contributed by atoms with Crippen molar-refractivity contribution in [3.8, 4) is 22.5 Å². The highest BCUT2D eigenvalue weighted by molar-refractivity contribution is 7.80. The van der Waals surface area contributed by atoms with Gasteiger partial charge in [0.2, 0.25) is 17.8 Å². The van der Waals surface area contributed by atoms with E-state index in [2.05, 4.69) is 53.5 Å². The molecule has 10 heteroatoms. The molecule has 0 radical (unpaired) electrons. The lowest BCUT2D eigenvalue weighted by atomic mass is 10.1. The van der Waals surface area contributed by atoms with Crippen LogP contribution in [0, 0.1) is 5.82 Å². The van der Waals surface area contributed by atoms with Crippen LogP contribution in [-0.4, -0.2) is 24.9 Å². The monoisotopic (exact) mass is 558 g/mol. The maximum Gasteiger partial charge on any atom is 0.233 e. The smallest absolute Gasteiger partial charge is 0.233 e. The van der Waals surface area contributed by atoms with Gasteiger partial charge in [0.05, 0.1) is 11.4 Å². The third-order valence-corrected chi connectivity index (χ3v) is 6.17. The summed E-state index contributed by atoms with van der Waals surface area (Å²) < 4.78 is 13.8. The van der Waals surface area contributed by atoms with E-state index in [1.165, 1.54) is 12.1 Å². The molecule has 4 aromatic carbocycles. The highest BCUT2D eigenvalue weighted by Crippen LogP contribution is 2.27. The predicted molar refractivity (Wildman–Crippen MR) is 163 cm³/mol. The summed E-state index contributed by atoms with van der Waals surface area (Å²) >= 11 is 4.42. The van der Waals surface area contributed by atoms with E-state index in [1.807, 2.05) is 91.0 Å². The Bertz CT molecular complexity index is 1780. The number of nitrogens with zero attached hydrogens (tertiary/aromatic N) is 5. The van der Waals surface area contributed by atoms with Crippen molar-refractivity contribution in [3.05, 3.63) is 121 Å². The highest BCUT2D eigenvalue weighted by atomic mass is 32.1. The molecule has 0 atom stereocenters. The first-order valence-electron chi connectivity index (χ1n) is 12.7. The number of aromatic nitrogens is 5. The molecule has 2 aromatic heterocycles. The van der Waals surface area contributed by atoms with Gasteiger partial charge in [0, 0.05) is 28.2 Å². The maximum absolute atomic E-state index is 13.8. The minimum atomic E-state index is -0.366. The minimum Gasteiger partial charge on any atom is -0.324 e. The Morgan fingerprint density at radius 2 is 0.951 bits per heavy atom. The molecular weight excluding hydrogens is 535 g/mol. The summed E-state index contributed by atoms with van der Waals surface area (Å²) in [4.78, 5) is 22.5. The number of hydrogen-bond acceptors (Lipinski definition) is 9. The second kappa shape index (κ2) is 11.8. The summed E-state index contributed by atoms with van der Waals surface area (Å²) in [6.45, 7) is 0. The van der Waals surface area contributed by atoms with Crippen LogP contribution in [0.3, 0.4) is 0 Å². The Balaban J connectivity index is 1.26. The zero-order chi connectivity index (χ0) is 28.0. The third-order valence-electron chi connectivity index (χ3n) is 5.97. The van der Waals surface area contributed by atoms with E-state index in [9.17, 15) is 4.39 Å². The van der Waals surface area contributed by atoms with Crippen LogP contribution < -0.4 is 16.0 Å². The maximum atomic E-state index is 13.8. The molecule has 0 bridgehead atoms. The second-order valence-corrected chi connectivity index (χ2v) is 9.34. The van der Waals surface area contributed by atoms with E-state index >= 15 is 0 Å². The number of anilines is 6. The van der Waals surface area contributed by atoms with Crippen molar-refractivity contribution in [3.63, 3.8) is 0 Å². The summed E-state index contributed by atoms with van der Waals surface area (Å²) in [6.07, 6.45) is 0. The van der Waals surface area contributed by atoms with E-state index in [0.717, 1.165) is 33.9 Å². The third kappa shape index (κ3) is 6.63. The van der Waals surface area contributed by atoms with Crippen molar-refractivity contribution in [1.29, 1.82) is 0 Å². The van der Waals surface area contributed by atoms with E-state index in [-0.39, 0.29) is 11.8 Å². The van der Waals surface area contributed by atoms with Crippen LogP contribution in [0.5, 0.6) is 0 Å². The summed E-state index contributed by atoms with van der Waals surface area (Å²) in [5, 5.41) is 9.86. The van der Waals surface area contributed by atoms with Crippen LogP contribution in [0.1, 0.15) is 0 Å². The van der Waals surface area contributed by atoms with Gasteiger partial charge < -0.3 is 16.0 Å². The van der Waals surface area contributed by atoms with E-state index in [0.29, 0.717) is 22.7 Å². The molecule has 0 aliphatic rings. The lowest BCUT2D eigenvalue weighted by molar-refractivity contribution is 0.628. The zero-order valence-corrected chi connectivity index (χ0v) is 22.4. The Labute approximate surface area is 241 Å². The number of halogens is 1. The van der Waals surface area contributed by atoms with E-state index < -0.39 is 0 Å². The summed E-state index contributed by atoms with van der Waals surface area (Å²) in [5.41, 5.74) is 5.53. The number of hydrogen-bond donors (Lipinski definition) is 4. The zero-order valence-electron chi connectivity index (χ0n) is 21.5. The number of para-hydroxylation sites is 1. The number of nitrogens with one attached hydrogen (secondary N) is 3. The molecule has 0 aliphatic carbocycles. The summed E-state index contributed by atoms with van der Waals surface area (Å²) in [7, 11) is 0. The Morgan fingerprint density at radius 1 is 0.463 bits per heavy atom. The van der Waals surface area contributed by atoms with Crippen LogP contribution in [0.4, 0.5) is 39.3 Å². The standard InChI is InChI=1S/C31H23FN8S/c32-22-10-7-13-25(18-22)35-30-39-28(33-23-11-5-2-6-12-23)38-29(40-30)34-24-16-14-21(15-17-24)27-19-26(36-31(41)37-27)20-8-3-1-4-9-20/h1-19H,(H,36,37,41)(H3,33,34,35,38,39,40). The molecule has 0 unspecified atom stereocenters. The fourth-order valence-electron chi connectivity index (χ4n) is 4.08. The number of rotatable bonds is 8. The van der Waals surface area contributed by atoms with Gasteiger partial charge in [-0.25, -0.2) is 14.4 Å². The molecule has 0 fully saturated rings. The Hall–Kier alpha value is -5.35. The molecule has 0 spiro atoms. The van der Waals surface area contributed by atoms with Crippen LogP contribution in [-0.2, 0) is 0 Å². The fraction of sp³-hybridized carbons (Fsp3) is 0. The molecule has 6 rings (SSSR count). The van der Waals surface area contributed by atoms with Crippen molar-refractivity contribution in [2.24, 2.45) is 0 Å². The van der Waals surface area contributed by atoms with Crippen LogP contribution >= 0.6 is 12.6 Å². The molecule has 6 aromatic rings. The summed E-state index contributed by atoms with van der Waals surface area (Å²) in [6, 6.07) is 35.2. The Kier molecular flexibility index (Phi) is 7.46. The topological polar surface area (TPSA) is 101 Å². The Morgan fingerprint density at radius 3 is 1.54 bits per heavy atom. The average Bonchev–Trinajstić information content (AvgIpc) is 2.98. The molecule has 200 valence electrons. The van der Waals surface area contributed by atoms with Gasteiger partial charge in [-0.2, -0.15) is 15.0 Å². The average molecular weight is 559 g/mol. The van der Waals surface area contributed by atoms with Crippen molar-refractivity contribution >= 4 is 47.5 Å². The lowest BCUT2D eigenvalue weighted by Gasteiger charge is -2.12. The van der Waals surface area contributed by atoms with Crippen molar-refractivity contribution in [2.45, 2.75) is 5.16 Å². The molecule has 0 saturated carbocycles. The molecule has 41 heavy (non-hydrogen) atoms. The normalized spacial score (nSPS) is 10.7. The number of benzene rings is 4. The fourth-order valence-corrected chi connectivity index (χ4v) is 4.30. The first-order chi connectivity index (χ1) is 20.1. The molecule has 0 saturated heterocycles. The first kappa shape index (κ1) is 25.9. The minimum absolute atomic E-state index is 0.249. The number of thiol groups is 1. The van der Waals surface area contributed by atoms with Gasteiger partial charge >= 0.3 is 0 Å². The van der Waals surface area contributed by atoms with Gasteiger partial charge in [-0.1, -0.05) is 66.7 Å². The molecule has 3 N–H and O–H groups in total. The van der Waals surface area contributed by atoms with Crippen LogP contribution in [0.15, 0.2) is 120 Å². The van der Waals surface area contributed by atoms with Gasteiger partial charge in [0.15, 0.2) is 5.16 Å². The second-order valence-electron chi connectivity index (χ2n) is 8.94. The van der Waals surface area contributed by atoms with Crippen LogP contribution in [0.2, 0.25) is 0 Å². The van der Waals surface area contributed by atoms with Crippen molar-refractivity contribution < 1.29 is 4.39 Å². The molecule has 0 aliphatic heterocycles. The molecular formula is C31H23FN8S. The van der Waals surface area contributed by atoms with Crippen molar-refractivity contribution in [1.82, 2.24) is 24.9 Å². The van der Waals surface area contributed by atoms with E-state index in [1.54, 1.807) is 12.1 Å². The van der Waals surface area contributed by atoms with Crippen molar-refractivity contribution in [2.75, 3.05) is 16.0 Å².